The third kappa shape index (κ3) is 7.80. The van der Waals surface area contributed by atoms with Gasteiger partial charge in [-0.15, -0.1) is 0 Å². The molecule has 0 saturated heterocycles. The highest BCUT2D eigenvalue weighted by atomic mass is 16.6. The Labute approximate surface area is 147 Å². The second kappa shape index (κ2) is 9.78. The van der Waals surface area contributed by atoms with Crippen LogP contribution in [0.15, 0.2) is 24.3 Å². The topological polar surface area (TPSA) is 102 Å². The zero-order valence-electron chi connectivity index (χ0n) is 14.8. The van der Waals surface area contributed by atoms with E-state index in [9.17, 15) is 19.5 Å². The van der Waals surface area contributed by atoms with E-state index in [2.05, 4.69) is 5.32 Å². The molecule has 1 aromatic rings. The fourth-order valence-electron chi connectivity index (χ4n) is 1.88. The second-order valence-corrected chi connectivity index (χ2v) is 6.01. The molecule has 0 unspecified atom stereocenters. The van der Waals surface area contributed by atoms with Gasteiger partial charge in [-0.05, 0) is 44.5 Å². The highest BCUT2D eigenvalue weighted by Crippen LogP contribution is 2.17. The molecule has 7 nitrogen and oxygen atoms in total. The van der Waals surface area contributed by atoms with Crippen LogP contribution in [0.4, 0.5) is 0 Å². The van der Waals surface area contributed by atoms with Crippen LogP contribution in [0.5, 0.6) is 5.75 Å². The second-order valence-electron chi connectivity index (χ2n) is 6.01. The van der Waals surface area contributed by atoms with Gasteiger partial charge in [0.15, 0.2) is 5.78 Å². The Morgan fingerprint density at radius 2 is 1.76 bits per heavy atom. The summed E-state index contributed by atoms with van der Waals surface area (Å²) in [5.74, 6) is -0.846. The van der Waals surface area contributed by atoms with E-state index in [4.69, 9.17) is 9.47 Å². The average Bonchev–Trinajstić information content (AvgIpc) is 2.56. The molecule has 1 aromatic carbocycles. The molecule has 0 heterocycles. The van der Waals surface area contributed by atoms with Crippen molar-refractivity contribution < 1.29 is 29.0 Å². The first-order valence-electron chi connectivity index (χ1n) is 8.16. The molecular formula is C18H25NO6. The largest absolute Gasteiger partial charge is 0.490 e. The number of nitrogens with one attached hydrogen (secondary N) is 1. The Morgan fingerprint density at radius 1 is 1.12 bits per heavy atom. The van der Waals surface area contributed by atoms with Gasteiger partial charge in [-0.2, -0.15) is 0 Å². The first-order chi connectivity index (χ1) is 11.7. The fraction of sp³-hybridized carbons (Fsp3) is 0.500. The molecule has 0 aliphatic carbocycles. The molecular weight excluding hydrogens is 326 g/mol. The van der Waals surface area contributed by atoms with Crippen LogP contribution >= 0.6 is 0 Å². The molecule has 0 atom stereocenters. The summed E-state index contributed by atoms with van der Waals surface area (Å²) < 4.78 is 10.3. The van der Waals surface area contributed by atoms with Gasteiger partial charge in [0.1, 0.15) is 31.0 Å². The van der Waals surface area contributed by atoms with Crippen molar-refractivity contribution in [2.75, 3.05) is 19.8 Å². The average molecular weight is 351 g/mol. The number of ketones is 1. The molecule has 7 heteroatoms. The lowest BCUT2D eigenvalue weighted by Gasteiger charge is -2.15. The normalized spacial score (nSPS) is 10.9. The Balaban J connectivity index is 2.31. The highest BCUT2D eigenvalue weighted by molar-refractivity contribution is 6.01. The van der Waals surface area contributed by atoms with E-state index in [1.165, 1.54) is 13.8 Å². The van der Waals surface area contributed by atoms with Crippen molar-refractivity contribution in [3.05, 3.63) is 29.8 Å². The minimum Gasteiger partial charge on any atom is -0.490 e. The number of hydrogen-bond acceptors (Lipinski definition) is 6. The molecule has 0 spiro atoms. The number of amides is 1. The zero-order chi connectivity index (χ0) is 18.9. The minimum atomic E-state index is -1.43. The molecule has 0 aliphatic heterocycles. The third-order valence-electron chi connectivity index (χ3n) is 3.16. The molecule has 25 heavy (non-hydrogen) atoms. The van der Waals surface area contributed by atoms with Gasteiger partial charge < -0.3 is 19.9 Å². The van der Waals surface area contributed by atoms with Gasteiger partial charge in [-0.3, -0.25) is 14.4 Å². The SMILES string of the molecule is CCCNC(=O)CC(=O)OCCOc1ccc(C(=O)C(C)(C)O)cc1. The highest BCUT2D eigenvalue weighted by Gasteiger charge is 2.24. The van der Waals surface area contributed by atoms with Crippen molar-refractivity contribution in [3.63, 3.8) is 0 Å². The number of Topliss-reactive ketones (excluding diaryl/α,β-unsaturated/α-hetero) is 1. The molecule has 2 N–H and O–H groups in total. The standard InChI is InChI=1S/C18H25NO6/c1-4-9-19-15(20)12-16(21)25-11-10-24-14-7-5-13(6-8-14)17(22)18(2,3)23/h5-8,23H,4,9-12H2,1-3H3,(H,19,20). The summed E-state index contributed by atoms with van der Waals surface area (Å²) in [6, 6.07) is 6.30. The maximum atomic E-state index is 11.9. The van der Waals surface area contributed by atoms with Crippen molar-refractivity contribution in [2.45, 2.75) is 39.2 Å². The first-order valence-corrected chi connectivity index (χ1v) is 8.16. The van der Waals surface area contributed by atoms with Crippen molar-refractivity contribution in [3.8, 4) is 5.75 Å². The summed E-state index contributed by atoms with van der Waals surface area (Å²) in [4.78, 5) is 34.7. The Morgan fingerprint density at radius 3 is 2.32 bits per heavy atom. The smallest absolute Gasteiger partial charge is 0.315 e. The lowest BCUT2D eigenvalue weighted by atomic mass is 9.97. The van der Waals surface area contributed by atoms with Crippen LogP contribution in [0.1, 0.15) is 44.0 Å². The summed E-state index contributed by atoms with van der Waals surface area (Å²) in [6.45, 7) is 5.45. The molecule has 1 rings (SSSR count). The minimum absolute atomic E-state index is 0.0181. The van der Waals surface area contributed by atoms with Gasteiger partial charge >= 0.3 is 5.97 Å². The van der Waals surface area contributed by atoms with Crippen molar-refractivity contribution in [1.82, 2.24) is 5.32 Å². The number of esters is 1. The maximum absolute atomic E-state index is 11.9. The van der Waals surface area contributed by atoms with E-state index in [-0.39, 0.29) is 31.3 Å². The number of ether oxygens (including phenoxy) is 2. The van der Waals surface area contributed by atoms with Crippen molar-refractivity contribution in [2.24, 2.45) is 0 Å². The summed E-state index contributed by atoms with van der Waals surface area (Å²) in [7, 11) is 0. The predicted molar refractivity (Wildman–Crippen MR) is 91.4 cm³/mol. The molecule has 1 amide bonds. The van der Waals surface area contributed by atoms with Crippen LogP contribution in [0, 0.1) is 0 Å². The van der Waals surface area contributed by atoms with E-state index in [0.717, 1.165) is 6.42 Å². The van der Waals surface area contributed by atoms with Crippen molar-refractivity contribution in [1.29, 1.82) is 0 Å². The number of benzene rings is 1. The molecule has 0 aromatic heterocycles. The Bertz CT molecular complexity index is 589. The van der Waals surface area contributed by atoms with Gasteiger partial charge in [-0.1, -0.05) is 6.92 Å². The van der Waals surface area contributed by atoms with E-state index in [1.807, 2.05) is 6.92 Å². The summed E-state index contributed by atoms with van der Waals surface area (Å²) in [5.41, 5.74) is -1.05. The number of carbonyl (C=O) groups is 3. The molecule has 0 fully saturated rings. The van der Waals surface area contributed by atoms with Crippen LogP contribution in [0.3, 0.4) is 0 Å². The van der Waals surface area contributed by atoms with E-state index >= 15 is 0 Å². The molecule has 138 valence electrons. The first kappa shape index (κ1) is 20.6. The number of carbonyl (C=O) groups excluding carboxylic acids is 3. The van der Waals surface area contributed by atoms with E-state index in [0.29, 0.717) is 17.9 Å². The van der Waals surface area contributed by atoms with Crippen LogP contribution in [0.2, 0.25) is 0 Å². The van der Waals surface area contributed by atoms with Gasteiger partial charge in [0.05, 0.1) is 0 Å². The van der Waals surface area contributed by atoms with Gasteiger partial charge in [0, 0.05) is 12.1 Å². The molecule has 0 saturated carbocycles. The summed E-state index contributed by atoms with van der Waals surface area (Å²) >= 11 is 0. The maximum Gasteiger partial charge on any atom is 0.315 e. The predicted octanol–water partition coefficient (Wildman–Crippen LogP) is 1.48. The van der Waals surface area contributed by atoms with E-state index in [1.54, 1.807) is 24.3 Å². The van der Waals surface area contributed by atoms with Crippen LogP contribution in [-0.4, -0.2) is 48.1 Å². The van der Waals surface area contributed by atoms with Crippen LogP contribution < -0.4 is 10.1 Å². The summed E-state index contributed by atoms with van der Waals surface area (Å²) in [5, 5.41) is 12.3. The monoisotopic (exact) mass is 351 g/mol. The van der Waals surface area contributed by atoms with Crippen LogP contribution in [-0.2, 0) is 14.3 Å². The molecule has 0 radical (unpaired) electrons. The molecule has 0 bridgehead atoms. The van der Waals surface area contributed by atoms with Gasteiger partial charge in [0.25, 0.3) is 0 Å². The third-order valence-corrected chi connectivity index (χ3v) is 3.16. The molecule has 0 aliphatic rings. The number of aliphatic hydroxyl groups is 1. The lowest BCUT2D eigenvalue weighted by molar-refractivity contribution is -0.147. The Kier molecular flexibility index (Phi) is 8.07. The number of rotatable bonds is 10. The van der Waals surface area contributed by atoms with Gasteiger partial charge in [0.2, 0.25) is 5.91 Å². The summed E-state index contributed by atoms with van der Waals surface area (Å²) in [6.07, 6.45) is 0.489. The fourth-order valence-corrected chi connectivity index (χ4v) is 1.88. The zero-order valence-corrected chi connectivity index (χ0v) is 14.8. The van der Waals surface area contributed by atoms with Gasteiger partial charge in [-0.25, -0.2) is 0 Å². The lowest BCUT2D eigenvalue weighted by Crippen LogP contribution is -2.30. The number of hydrogen-bond donors (Lipinski definition) is 2. The Hall–Kier alpha value is -2.41. The van der Waals surface area contributed by atoms with Crippen LogP contribution in [0.25, 0.3) is 0 Å². The van der Waals surface area contributed by atoms with E-state index < -0.39 is 11.6 Å². The quantitative estimate of drug-likeness (QED) is 0.286. The van der Waals surface area contributed by atoms with Crippen molar-refractivity contribution >= 4 is 17.7 Å².